The second-order valence-corrected chi connectivity index (χ2v) is 5.06. The lowest BCUT2D eigenvalue weighted by Gasteiger charge is -2.06. The third kappa shape index (κ3) is 3.96. The second kappa shape index (κ2) is 5.81. The summed E-state index contributed by atoms with van der Waals surface area (Å²) in [5, 5.41) is 0.516. The van der Waals surface area contributed by atoms with Gasteiger partial charge in [0.05, 0.1) is 12.2 Å². The molecule has 0 unspecified atom stereocenters. The molecule has 0 aromatic heterocycles. The summed E-state index contributed by atoms with van der Waals surface area (Å²) in [4.78, 5) is 12.6. The lowest BCUT2D eigenvalue weighted by atomic mass is 10.2. The van der Waals surface area contributed by atoms with Crippen molar-refractivity contribution in [2.24, 2.45) is 0 Å². The Morgan fingerprint density at radius 3 is 2.80 bits per heavy atom. The van der Waals surface area contributed by atoms with Crippen molar-refractivity contribution in [2.45, 2.75) is 30.9 Å². The Hall–Kier alpha value is -0.960. The number of thioether (sulfide) groups is 1. The standard InChI is InChI=1S/C12H16O2S/c1-4-14-12(13)10-6-5-7-11(8-10)15-9(2)3/h5-9H,4H2,1-3H3. The third-order valence-electron chi connectivity index (χ3n) is 1.72. The summed E-state index contributed by atoms with van der Waals surface area (Å²) in [5.41, 5.74) is 0.627. The molecule has 0 aliphatic carbocycles. The van der Waals surface area contributed by atoms with E-state index in [1.165, 1.54) is 0 Å². The van der Waals surface area contributed by atoms with Crippen molar-refractivity contribution in [3.63, 3.8) is 0 Å². The topological polar surface area (TPSA) is 26.3 Å². The molecule has 0 saturated heterocycles. The Morgan fingerprint density at radius 2 is 2.20 bits per heavy atom. The Labute approximate surface area is 95.0 Å². The fourth-order valence-corrected chi connectivity index (χ4v) is 2.08. The lowest BCUT2D eigenvalue weighted by molar-refractivity contribution is 0.0526. The summed E-state index contributed by atoms with van der Waals surface area (Å²) >= 11 is 1.74. The van der Waals surface area contributed by atoms with Gasteiger partial charge in [-0.1, -0.05) is 19.9 Å². The molecule has 0 N–H and O–H groups in total. The maximum Gasteiger partial charge on any atom is 0.338 e. The minimum absolute atomic E-state index is 0.247. The van der Waals surface area contributed by atoms with E-state index < -0.39 is 0 Å². The second-order valence-electron chi connectivity index (χ2n) is 3.41. The van der Waals surface area contributed by atoms with Crippen LogP contribution in [0.25, 0.3) is 0 Å². The summed E-state index contributed by atoms with van der Waals surface area (Å²) in [6.45, 7) is 6.48. The molecule has 1 rings (SSSR count). The number of esters is 1. The van der Waals surface area contributed by atoms with Gasteiger partial charge in [-0.2, -0.15) is 0 Å². The highest BCUT2D eigenvalue weighted by molar-refractivity contribution is 7.99. The van der Waals surface area contributed by atoms with Crippen LogP contribution in [-0.4, -0.2) is 17.8 Å². The maximum absolute atomic E-state index is 11.5. The van der Waals surface area contributed by atoms with Gasteiger partial charge in [0.2, 0.25) is 0 Å². The number of carbonyl (C=O) groups excluding carboxylic acids is 1. The first-order chi connectivity index (χ1) is 7.13. The van der Waals surface area contributed by atoms with E-state index >= 15 is 0 Å². The summed E-state index contributed by atoms with van der Waals surface area (Å²) in [6, 6.07) is 7.55. The predicted molar refractivity (Wildman–Crippen MR) is 63.4 cm³/mol. The van der Waals surface area contributed by atoms with E-state index in [9.17, 15) is 4.79 Å². The number of hydrogen-bond donors (Lipinski definition) is 0. The molecule has 3 heteroatoms. The molecule has 0 fully saturated rings. The molecule has 0 spiro atoms. The van der Waals surface area contributed by atoms with Crippen LogP contribution < -0.4 is 0 Å². The van der Waals surface area contributed by atoms with E-state index in [2.05, 4.69) is 13.8 Å². The van der Waals surface area contributed by atoms with Gasteiger partial charge in [-0.3, -0.25) is 0 Å². The van der Waals surface area contributed by atoms with Crippen LogP contribution in [-0.2, 0) is 4.74 Å². The van der Waals surface area contributed by atoms with Gasteiger partial charge in [0.1, 0.15) is 0 Å². The van der Waals surface area contributed by atoms with Crippen LogP contribution >= 0.6 is 11.8 Å². The van der Waals surface area contributed by atoms with Crippen molar-refractivity contribution >= 4 is 17.7 Å². The number of rotatable bonds is 4. The van der Waals surface area contributed by atoms with Crippen LogP contribution in [0.15, 0.2) is 29.2 Å². The minimum Gasteiger partial charge on any atom is -0.462 e. The van der Waals surface area contributed by atoms with E-state index in [-0.39, 0.29) is 5.97 Å². The molecule has 0 atom stereocenters. The van der Waals surface area contributed by atoms with E-state index in [1.54, 1.807) is 17.8 Å². The van der Waals surface area contributed by atoms with Gasteiger partial charge in [0.25, 0.3) is 0 Å². The number of carbonyl (C=O) groups is 1. The summed E-state index contributed by atoms with van der Waals surface area (Å²) in [5.74, 6) is -0.247. The summed E-state index contributed by atoms with van der Waals surface area (Å²) < 4.78 is 4.94. The Morgan fingerprint density at radius 1 is 1.47 bits per heavy atom. The molecule has 82 valence electrons. The fourth-order valence-electron chi connectivity index (χ4n) is 1.18. The zero-order valence-corrected chi connectivity index (χ0v) is 10.1. The van der Waals surface area contributed by atoms with Crippen molar-refractivity contribution in [1.29, 1.82) is 0 Å². The quantitative estimate of drug-likeness (QED) is 0.579. The summed E-state index contributed by atoms with van der Waals surface area (Å²) in [6.07, 6.45) is 0. The van der Waals surface area contributed by atoms with Gasteiger partial charge in [-0.05, 0) is 25.1 Å². The van der Waals surface area contributed by atoms with Gasteiger partial charge in [0.15, 0.2) is 0 Å². The van der Waals surface area contributed by atoms with Crippen molar-refractivity contribution in [3.8, 4) is 0 Å². The van der Waals surface area contributed by atoms with Gasteiger partial charge in [0, 0.05) is 10.1 Å². The molecular formula is C12H16O2S. The molecule has 0 aliphatic heterocycles. The zero-order valence-electron chi connectivity index (χ0n) is 9.32. The highest BCUT2D eigenvalue weighted by Crippen LogP contribution is 2.23. The van der Waals surface area contributed by atoms with Gasteiger partial charge in [-0.15, -0.1) is 11.8 Å². The molecular weight excluding hydrogens is 208 g/mol. The average molecular weight is 224 g/mol. The Bertz CT molecular complexity index is 334. The molecule has 1 aromatic carbocycles. The monoisotopic (exact) mass is 224 g/mol. The highest BCUT2D eigenvalue weighted by atomic mass is 32.2. The third-order valence-corrected chi connectivity index (χ3v) is 2.71. The Balaban J connectivity index is 2.78. The van der Waals surface area contributed by atoms with Crippen LogP contribution in [0.4, 0.5) is 0 Å². The van der Waals surface area contributed by atoms with Crippen LogP contribution in [0.5, 0.6) is 0 Å². The van der Waals surface area contributed by atoms with E-state index in [1.807, 2.05) is 25.1 Å². The van der Waals surface area contributed by atoms with E-state index in [0.717, 1.165) is 4.90 Å². The van der Waals surface area contributed by atoms with Crippen LogP contribution in [0.3, 0.4) is 0 Å². The number of ether oxygens (including phenoxy) is 1. The van der Waals surface area contributed by atoms with Crippen LogP contribution in [0.2, 0.25) is 0 Å². The molecule has 0 amide bonds. The first-order valence-corrected chi connectivity index (χ1v) is 5.95. The van der Waals surface area contributed by atoms with Crippen molar-refractivity contribution in [1.82, 2.24) is 0 Å². The lowest BCUT2D eigenvalue weighted by Crippen LogP contribution is -2.04. The van der Waals surface area contributed by atoms with E-state index in [4.69, 9.17) is 4.74 Å². The molecule has 0 heterocycles. The largest absolute Gasteiger partial charge is 0.462 e. The van der Waals surface area contributed by atoms with Crippen molar-refractivity contribution < 1.29 is 9.53 Å². The first-order valence-electron chi connectivity index (χ1n) is 5.07. The van der Waals surface area contributed by atoms with Crippen LogP contribution in [0.1, 0.15) is 31.1 Å². The van der Waals surface area contributed by atoms with Gasteiger partial charge in [-0.25, -0.2) is 4.79 Å². The molecule has 0 radical (unpaired) electrons. The molecule has 1 aromatic rings. The molecule has 0 saturated carbocycles. The first kappa shape index (κ1) is 12.1. The molecule has 0 aliphatic rings. The number of benzene rings is 1. The molecule has 15 heavy (non-hydrogen) atoms. The SMILES string of the molecule is CCOC(=O)c1cccc(SC(C)C)c1. The fraction of sp³-hybridized carbons (Fsp3) is 0.417. The Kier molecular flexibility index (Phi) is 4.69. The zero-order chi connectivity index (χ0) is 11.3. The van der Waals surface area contributed by atoms with E-state index in [0.29, 0.717) is 17.4 Å². The number of hydrogen-bond acceptors (Lipinski definition) is 3. The summed E-state index contributed by atoms with van der Waals surface area (Å²) in [7, 11) is 0. The smallest absolute Gasteiger partial charge is 0.338 e. The van der Waals surface area contributed by atoms with Crippen molar-refractivity contribution in [3.05, 3.63) is 29.8 Å². The maximum atomic E-state index is 11.5. The average Bonchev–Trinajstić information content (AvgIpc) is 2.17. The van der Waals surface area contributed by atoms with Gasteiger partial charge >= 0.3 is 5.97 Å². The highest BCUT2D eigenvalue weighted by Gasteiger charge is 2.07. The van der Waals surface area contributed by atoms with Crippen molar-refractivity contribution in [2.75, 3.05) is 6.61 Å². The molecule has 2 nitrogen and oxygen atoms in total. The normalized spacial score (nSPS) is 10.4. The predicted octanol–water partition coefficient (Wildman–Crippen LogP) is 3.36. The van der Waals surface area contributed by atoms with Crippen LogP contribution in [0, 0.1) is 0 Å². The molecule has 0 bridgehead atoms. The minimum atomic E-state index is -0.247. The van der Waals surface area contributed by atoms with Gasteiger partial charge < -0.3 is 4.74 Å².